The van der Waals surface area contributed by atoms with Gasteiger partial charge in [-0.1, -0.05) is 22.8 Å². The second-order valence-corrected chi connectivity index (χ2v) is 6.23. The molecule has 0 bridgehead atoms. The third kappa shape index (κ3) is 4.00. The smallest absolute Gasteiger partial charge is 0.194 e. The molecule has 7 heteroatoms. The first-order valence-electron chi connectivity index (χ1n) is 8.04. The number of piperazine rings is 1. The Morgan fingerprint density at radius 2 is 2.08 bits per heavy atom. The molecule has 1 aliphatic rings. The summed E-state index contributed by atoms with van der Waals surface area (Å²) in [7, 11) is 1.80. The first kappa shape index (κ1) is 16.6. The standard InChI is InChI=1S/C17H22ClN5O/c1-13-10-16(24-21-13)12-20-17(19-2)23-8-6-22(7-9-23)15-5-3-4-14(18)11-15/h3-5,10-11H,6-9,12H2,1-2H3,(H,19,20). The molecule has 1 saturated heterocycles. The SMILES string of the molecule is CN=C(NCc1cc(C)no1)N1CCN(c2cccc(Cl)c2)CC1. The lowest BCUT2D eigenvalue weighted by Gasteiger charge is -2.37. The molecule has 128 valence electrons. The molecule has 2 aromatic rings. The summed E-state index contributed by atoms with van der Waals surface area (Å²) in [6.45, 7) is 6.17. The Morgan fingerprint density at radius 3 is 2.71 bits per heavy atom. The van der Waals surface area contributed by atoms with Gasteiger partial charge in [-0.05, 0) is 25.1 Å². The zero-order chi connectivity index (χ0) is 16.9. The molecule has 0 unspecified atom stereocenters. The number of aryl methyl sites for hydroxylation is 1. The molecule has 0 amide bonds. The molecule has 0 radical (unpaired) electrons. The Kier molecular flexibility index (Phi) is 5.25. The van der Waals surface area contributed by atoms with E-state index in [-0.39, 0.29) is 0 Å². The molecule has 0 atom stereocenters. The second kappa shape index (κ2) is 7.57. The Bertz CT molecular complexity index is 707. The molecule has 1 aromatic carbocycles. The fraction of sp³-hybridized carbons (Fsp3) is 0.412. The fourth-order valence-corrected chi connectivity index (χ4v) is 3.03. The van der Waals surface area contributed by atoms with Gasteiger partial charge in [0.2, 0.25) is 0 Å². The number of halogens is 1. The monoisotopic (exact) mass is 347 g/mol. The highest BCUT2D eigenvalue weighted by molar-refractivity contribution is 6.30. The molecule has 1 N–H and O–H groups in total. The van der Waals surface area contributed by atoms with Crippen LogP contribution in [0, 0.1) is 6.92 Å². The number of nitrogens with one attached hydrogen (secondary N) is 1. The van der Waals surface area contributed by atoms with Gasteiger partial charge in [0.15, 0.2) is 11.7 Å². The van der Waals surface area contributed by atoms with Crippen LogP contribution in [0.4, 0.5) is 5.69 Å². The lowest BCUT2D eigenvalue weighted by atomic mass is 10.2. The lowest BCUT2D eigenvalue weighted by molar-refractivity contribution is 0.357. The van der Waals surface area contributed by atoms with E-state index in [1.807, 2.05) is 31.2 Å². The first-order valence-corrected chi connectivity index (χ1v) is 8.42. The number of guanidine groups is 1. The molecule has 6 nitrogen and oxygen atoms in total. The minimum Gasteiger partial charge on any atom is -0.368 e. The van der Waals surface area contributed by atoms with Crippen molar-refractivity contribution in [3.63, 3.8) is 0 Å². The van der Waals surface area contributed by atoms with Crippen LogP contribution >= 0.6 is 11.6 Å². The van der Waals surface area contributed by atoms with E-state index < -0.39 is 0 Å². The van der Waals surface area contributed by atoms with E-state index in [1.54, 1.807) is 7.05 Å². The zero-order valence-corrected chi connectivity index (χ0v) is 14.8. The first-order chi connectivity index (χ1) is 11.7. The van der Waals surface area contributed by atoms with Gasteiger partial charge in [-0.2, -0.15) is 0 Å². The normalized spacial score (nSPS) is 15.7. The summed E-state index contributed by atoms with van der Waals surface area (Å²) in [5.41, 5.74) is 2.05. The van der Waals surface area contributed by atoms with Gasteiger partial charge in [-0.25, -0.2) is 0 Å². The Hall–Kier alpha value is -2.21. The molecule has 24 heavy (non-hydrogen) atoms. The van der Waals surface area contributed by atoms with Crippen LogP contribution in [0.3, 0.4) is 0 Å². The average molecular weight is 348 g/mol. The van der Waals surface area contributed by atoms with Gasteiger partial charge in [0.05, 0.1) is 12.2 Å². The summed E-state index contributed by atoms with van der Waals surface area (Å²) in [6.07, 6.45) is 0. The van der Waals surface area contributed by atoms with Crippen LogP contribution in [-0.2, 0) is 6.54 Å². The molecule has 0 saturated carbocycles. The maximum atomic E-state index is 6.09. The Labute approximate surface area is 147 Å². The molecule has 1 aliphatic heterocycles. The number of hydrogen-bond acceptors (Lipinski definition) is 4. The van der Waals surface area contributed by atoms with Gasteiger partial charge in [-0.15, -0.1) is 0 Å². The summed E-state index contributed by atoms with van der Waals surface area (Å²) in [4.78, 5) is 8.97. The van der Waals surface area contributed by atoms with Crippen LogP contribution in [0.1, 0.15) is 11.5 Å². The highest BCUT2D eigenvalue weighted by atomic mass is 35.5. The van der Waals surface area contributed by atoms with Gasteiger partial charge in [0, 0.05) is 50.0 Å². The summed E-state index contributed by atoms with van der Waals surface area (Å²) < 4.78 is 5.23. The molecule has 3 rings (SSSR count). The summed E-state index contributed by atoms with van der Waals surface area (Å²) in [5.74, 6) is 1.70. The van der Waals surface area contributed by atoms with Gasteiger partial charge in [0.1, 0.15) is 0 Å². The van der Waals surface area contributed by atoms with Crippen LogP contribution < -0.4 is 10.2 Å². The van der Waals surface area contributed by atoms with Crippen molar-refractivity contribution >= 4 is 23.2 Å². The number of aliphatic imine (C=N–C) groups is 1. The highest BCUT2D eigenvalue weighted by Crippen LogP contribution is 2.20. The van der Waals surface area contributed by atoms with Crippen molar-refractivity contribution in [1.29, 1.82) is 0 Å². The van der Waals surface area contributed by atoms with Gasteiger partial charge in [0.25, 0.3) is 0 Å². The van der Waals surface area contributed by atoms with Crippen molar-refractivity contribution in [2.75, 3.05) is 38.1 Å². The maximum absolute atomic E-state index is 6.09. The van der Waals surface area contributed by atoms with E-state index in [0.717, 1.165) is 48.6 Å². The van der Waals surface area contributed by atoms with Gasteiger partial charge < -0.3 is 19.6 Å². The Balaban J connectivity index is 1.54. The summed E-state index contributed by atoms with van der Waals surface area (Å²) in [6, 6.07) is 9.93. The number of benzene rings is 1. The van der Waals surface area contributed by atoms with Crippen molar-refractivity contribution < 1.29 is 4.52 Å². The lowest BCUT2D eigenvalue weighted by Crippen LogP contribution is -2.52. The minimum atomic E-state index is 0.585. The number of anilines is 1. The van der Waals surface area contributed by atoms with E-state index in [9.17, 15) is 0 Å². The number of nitrogens with zero attached hydrogens (tertiary/aromatic N) is 4. The molecule has 1 fully saturated rings. The van der Waals surface area contributed by atoms with E-state index in [0.29, 0.717) is 6.54 Å². The molecule has 0 aliphatic carbocycles. The van der Waals surface area contributed by atoms with Crippen molar-refractivity contribution in [3.05, 3.63) is 46.8 Å². The fourth-order valence-electron chi connectivity index (χ4n) is 2.85. The molecular weight excluding hydrogens is 326 g/mol. The molecule has 1 aromatic heterocycles. The molecular formula is C17H22ClN5O. The number of hydrogen-bond donors (Lipinski definition) is 1. The molecule has 2 heterocycles. The van der Waals surface area contributed by atoms with E-state index in [1.165, 1.54) is 5.69 Å². The Morgan fingerprint density at radius 1 is 1.29 bits per heavy atom. The van der Waals surface area contributed by atoms with Crippen LogP contribution in [0.25, 0.3) is 0 Å². The quantitative estimate of drug-likeness (QED) is 0.683. The third-order valence-corrected chi connectivity index (χ3v) is 4.30. The zero-order valence-electron chi connectivity index (χ0n) is 14.0. The average Bonchev–Trinajstić information content (AvgIpc) is 3.01. The predicted octanol–water partition coefficient (Wildman–Crippen LogP) is 2.53. The molecule has 0 spiro atoms. The van der Waals surface area contributed by atoms with E-state index in [4.69, 9.17) is 16.1 Å². The van der Waals surface area contributed by atoms with Gasteiger partial charge in [-0.3, -0.25) is 4.99 Å². The van der Waals surface area contributed by atoms with Gasteiger partial charge >= 0.3 is 0 Å². The van der Waals surface area contributed by atoms with Crippen molar-refractivity contribution in [2.45, 2.75) is 13.5 Å². The van der Waals surface area contributed by atoms with Crippen LogP contribution in [-0.4, -0.2) is 49.2 Å². The van der Waals surface area contributed by atoms with Crippen LogP contribution in [0.5, 0.6) is 0 Å². The van der Waals surface area contributed by atoms with E-state index in [2.05, 4.69) is 31.3 Å². The van der Waals surface area contributed by atoms with Crippen LogP contribution in [0.2, 0.25) is 5.02 Å². The largest absolute Gasteiger partial charge is 0.368 e. The van der Waals surface area contributed by atoms with Crippen molar-refractivity contribution in [3.8, 4) is 0 Å². The highest BCUT2D eigenvalue weighted by Gasteiger charge is 2.20. The van der Waals surface area contributed by atoms with Crippen LogP contribution in [0.15, 0.2) is 39.8 Å². The second-order valence-electron chi connectivity index (χ2n) is 5.79. The number of rotatable bonds is 3. The summed E-state index contributed by atoms with van der Waals surface area (Å²) >= 11 is 6.09. The third-order valence-electron chi connectivity index (χ3n) is 4.06. The summed E-state index contributed by atoms with van der Waals surface area (Å²) in [5, 5.41) is 8.01. The van der Waals surface area contributed by atoms with Crippen molar-refractivity contribution in [2.24, 2.45) is 4.99 Å². The predicted molar refractivity (Wildman–Crippen MR) is 96.7 cm³/mol. The topological polar surface area (TPSA) is 56.9 Å². The van der Waals surface area contributed by atoms with Crippen molar-refractivity contribution in [1.82, 2.24) is 15.4 Å². The number of aromatic nitrogens is 1. The maximum Gasteiger partial charge on any atom is 0.194 e. The minimum absolute atomic E-state index is 0.585. The van der Waals surface area contributed by atoms with E-state index >= 15 is 0 Å².